The Hall–Kier alpha value is -3.65. The maximum atomic E-state index is 13.9. The van der Waals surface area contributed by atoms with Crippen LogP contribution >= 0.6 is 15.9 Å². The zero-order valence-corrected chi connectivity index (χ0v) is 19.9. The molecule has 3 aromatic rings. The summed E-state index contributed by atoms with van der Waals surface area (Å²) < 4.78 is 25.6. The SMILES string of the molecule is COc1cc(/C=C/C(=O)NC(Cc2ccccc2)C(=O)O)cc(Br)c1OCc1ccccc1F. The van der Waals surface area contributed by atoms with Crippen molar-refractivity contribution in [2.24, 2.45) is 0 Å². The predicted molar refractivity (Wildman–Crippen MR) is 130 cm³/mol. The van der Waals surface area contributed by atoms with Gasteiger partial charge in [0.1, 0.15) is 18.5 Å². The van der Waals surface area contributed by atoms with Crippen LogP contribution < -0.4 is 14.8 Å². The van der Waals surface area contributed by atoms with Crippen molar-refractivity contribution in [1.29, 1.82) is 0 Å². The van der Waals surface area contributed by atoms with E-state index in [0.29, 0.717) is 27.1 Å². The minimum Gasteiger partial charge on any atom is -0.493 e. The lowest BCUT2D eigenvalue weighted by atomic mass is 10.1. The number of carbonyl (C=O) groups excluding carboxylic acids is 1. The molecule has 1 unspecified atom stereocenters. The molecule has 6 nitrogen and oxygen atoms in total. The number of carboxylic acid groups (broad SMARTS) is 1. The molecule has 0 fully saturated rings. The molecule has 0 heterocycles. The normalized spacial score (nSPS) is 11.7. The van der Waals surface area contributed by atoms with Crippen LogP contribution in [0.25, 0.3) is 6.08 Å². The average Bonchev–Trinajstić information content (AvgIpc) is 2.83. The van der Waals surface area contributed by atoms with E-state index < -0.39 is 17.9 Å². The van der Waals surface area contributed by atoms with Crippen molar-refractivity contribution in [3.05, 3.63) is 99.8 Å². The van der Waals surface area contributed by atoms with Gasteiger partial charge in [-0.2, -0.15) is 0 Å². The molecule has 0 aliphatic heterocycles. The second-order valence-corrected chi connectivity index (χ2v) is 8.19. The first kappa shape index (κ1) is 25.0. The number of benzene rings is 3. The standard InChI is InChI=1S/C26H23BrFNO5/c1-33-23-15-18(13-20(27)25(23)34-16-19-9-5-6-10-21(19)28)11-12-24(30)29-22(26(31)32)14-17-7-3-2-4-8-17/h2-13,15,22H,14,16H2,1H3,(H,29,30)(H,31,32)/b12-11+. The van der Waals surface area contributed by atoms with E-state index in [-0.39, 0.29) is 18.8 Å². The van der Waals surface area contributed by atoms with E-state index in [1.807, 2.05) is 18.2 Å². The van der Waals surface area contributed by atoms with E-state index >= 15 is 0 Å². The largest absolute Gasteiger partial charge is 0.493 e. The van der Waals surface area contributed by atoms with Gasteiger partial charge in [-0.15, -0.1) is 0 Å². The fourth-order valence-corrected chi connectivity index (χ4v) is 3.76. The van der Waals surface area contributed by atoms with Gasteiger partial charge in [0, 0.05) is 18.1 Å². The second-order valence-electron chi connectivity index (χ2n) is 7.34. The molecule has 176 valence electrons. The van der Waals surface area contributed by atoms with Gasteiger partial charge in [-0.05, 0) is 51.3 Å². The number of carboxylic acids is 1. The van der Waals surface area contributed by atoms with E-state index in [1.54, 1.807) is 42.5 Å². The Morgan fingerprint density at radius 3 is 2.50 bits per heavy atom. The van der Waals surface area contributed by atoms with Gasteiger partial charge in [-0.3, -0.25) is 4.79 Å². The van der Waals surface area contributed by atoms with Gasteiger partial charge < -0.3 is 19.9 Å². The van der Waals surface area contributed by atoms with E-state index in [0.717, 1.165) is 5.56 Å². The first-order valence-electron chi connectivity index (χ1n) is 10.4. The van der Waals surface area contributed by atoms with Crippen LogP contribution in [0.3, 0.4) is 0 Å². The van der Waals surface area contributed by atoms with Crippen molar-refractivity contribution in [3.63, 3.8) is 0 Å². The third-order valence-corrected chi connectivity index (χ3v) is 5.50. The van der Waals surface area contributed by atoms with Crippen molar-refractivity contribution in [3.8, 4) is 11.5 Å². The number of rotatable bonds is 10. The average molecular weight is 528 g/mol. The molecular formula is C26H23BrFNO5. The Morgan fingerprint density at radius 2 is 1.82 bits per heavy atom. The lowest BCUT2D eigenvalue weighted by Crippen LogP contribution is -2.41. The van der Waals surface area contributed by atoms with E-state index in [1.165, 1.54) is 25.3 Å². The summed E-state index contributed by atoms with van der Waals surface area (Å²) in [6.07, 6.45) is 2.95. The Labute approximate surface area is 205 Å². The first-order chi connectivity index (χ1) is 16.4. The summed E-state index contributed by atoms with van der Waals surface area (Å²) in [5.74, 6) is -1.25. The molecule has 0 saturated carbocycles. The maximum absolute atomic E-state index is 13.9. The highest BCUT2D eigenvalue weighted by molar-refractivity contribution is 9.10. The van der Waals surface area contributed by atoms with Crippen LogP contribution in [0.4, 0.5) is 4.39 Å². The quantitative estimate of drug-likeness (QED) is 0.362. The molecular weight excluding hydrogens is 505 g/mol. The number of halogens is 2. The molecule has 2 N–H and O–H groups in total. The van der Waals surface area contributed by atoms with Crippen LogP contribution in [0.15, 0.2) is 77.3 Å². The van der Waals surface area contributed by atoms with Crippen LogP contribution in [0, 0.1) is 5.82 Å². The number of hydrogen-bond donors (Lipinski definition) is 2. The lowest BCUT2D eigenvalue weighted by Gasteiger charge is -2.14. The number of amides is 1. The Morgan fingerprint density at radius 1 is 1.12 bits per heavy atom. The molecule has 34 heavy (non-hydrogen) atoms. The molecule has 3 rings (SSSR count). The van der Waals surface area contributed by atoms with Gasteiger partial charge in [-0.25, -0.2) is 9.18 Å². The Kier molecular flexibility index (Phi) is 8.81. The lowest BCUT2D eigenvalue weighted by molar-refractivity contribution is -0.141. The zero-order valence-electron chi connectivity index (χ0n) is 18.3. The number of aliphatic carboxylic acids is 1. The van der Waals surface area contributed by atoms with Crippen molar-refractivity contribution in [2.75, 3.05) is 7.11 Å². The highest BCUT2D eigenvalue weighted by Crippen LogP contribution is 2.37. The predicted octanol–water partition coefficient (Wildman–Crippen LogP) is 5.00. The topological polar surface area (TPSA) is 84.9 Å². The van der Waals surface area contributed by atoms with Crippen molar-refractivity contribution >= 4 is 33.9 Å². The summed E-state index contributed by atoms with van der Waals surface area (Å²) in [6, 6.07) is 17.7. The van der Waals surface area contributed by atoms with Crippen molar-refractivity contribution in [2.45, 2.75) is 19.1 Å². The third-order valence-electron chi connectivity index (χ3n) is 4.91. The molecule has 0 aliphatic carbocycles. The second kappa shape index (κ2) is 12.0. The number of hydrogen-bond acceptors (Lipinski definition) is 4. The van der Waals surface area contributed by atoms with Crippen LogP contribution in [-0.2, 0) is 22.6 Å². The molecule has 1 amide bonds. The van der Waals surface area contributed by atoms with Crippen LogP contribution in [-0.4, -0.2) is 30.1 Å². The van der Waals surface area contributed by atoms with Crippen molar-refractivity contribution in [1.82, 2.24) is 5.32 Å². The number of nitrogens with one attached hydrogen (secondary N) is 1. The summed E-state index contributed by atoms with van der Waals surface area (Å²) in [5.41, 5.74) is 1.83. The molecule has 0 aliphatic rings. The van der Waals surface area contributed by atoms with Gasteiger partial charge >= 0.3 is 5.97 Å². The summed E-state index contributed by atoms with van der Waals surface area (Å²) in [7, 11) is 1.47. The molecule has 0 bridgehead atoms. The minimum absolute atomic E-state index is 0.0111. The highest BCUT2D eigenvalue weighted by atomic mass is 79.9. The first-order valence-corrected chi connectivity index (χ1v) is 11.2. The highest BCUT2D eigenvalue weighted by Gasteiger charge is 2.19. The number of ether oxygens (including phenoxy) is 2. The van der Waals surface area contributed by atoms with Gasteiger partial charge in [0.05, 0.1) is 11.6 Å². The minimum atomic E-state index is -1.12. The molecule has 0 aromatic heterocycles. The van der Waals surface area contributed by atoms with Crippen molar-refractivity contribution < 1.29 is 28.6 Å². The molecule has 0 saturated heterocycles. The van der Waals surface area contributed by atoms with Gasteiger partial charge in [0.15, 0.2) is 11.5 Å². The fourth-order valence-electron chi connectivity index (χ4n) is 3.18. The van der Waals surface area contributed by atoms with E-state index in [4.69, 9.17) is 9.47 Å². The summed E-state index contributed by atoms with van der Waals surface area (Å²) in [5, 5.41) is 12.0. The molecule has 1 atom stereocenters. The Bertz CT molecular complexity index is 1180. The fraction of sp³-hybridized carbons (Fsp3) is 0.154. The Balaban J connectivity index is 1.68. The van der Waals surface area contributed by atoms with E-state index in [2.05, 4.69) is 21.2 Å². The monoisotopic (exact) mass is 527 g/mol. The number of carbonyl (C=O) groups is 2. The smallest absolute Gasteiger partial charge is 0.326 e. The van der Waals surface area contributed by atoms with Crippen LogP contribution in [0.2, 0.25) is 0 Å². The summed E-state index contributed by atoms with van der Waals surface area (Å²) in [6.45, 7) is 0.0111. The third kappa shape index (κ3) is 6.92. The molecule has 8 heteroatoms. The van der Waals surface area contributed by atoms with E-state index in [9.17, 15) is 19.1 Å². The van der Waals surface area contributed by atoms with Gasteiger partial charge in [0.2, 0.25) is 5.91 Å². The van der Waals surface area contributed by atoms with Crippen LogP contribution in [0.1, 0.15) is 16.7 Å². The van der Waals surface area contributed by atoms with Gasteiger partial charge in [-0.1, -0.05) is 48.5 Å². The van der Waals surface area contributed by atoms with Crippen LogP contribution in [0.5, 0.6) is 11.5 Å². The molecule has 3 aromatic carbocycles. The number of methoxy groups -OCH3 is 1. The maximum Gasteiger partial charge on any atom is 0.326 e. The summed E-state index contributed by atoms with van der Waals surface area (Å²) in [4.78, 5) is 23.9. The zero-order chi connectivity index (χ0) is 24.5. The molecule has 0 spiro atoms. The van der Waals surface area contributed by atoms with Gasteiger partial charge in [0.25, 0.3) is 0 Å². The molecule has 0 radical (unpaired) electrons. The summed E-state index contributed by atoms with van der Waals surface area (Å²) >= 11 is 3.42.